The van der Waals surface area contributed by atoms with E-state index in [1.54, 1.807) is 12.1 Å². The van der Waals surface area contributed by atoms with Gasteiger partial charge in [0.15, 0.2) is 0 Å². The number of rotatable bonds is 4. The van der Waals surface area contributed by atoms with E-state index in [9.17, 15) is 13.2 Å². The van der Waals surface area contributed by atoms with E-state index in [0.717, 1.165) is 10.4 Å². The van der Waals surface area contributed by atoms with Crippen LogP contribution in [0.1, 0.15) is 10.4 Å². The van der Waals surface area contributed by atoms with Crippen molar-refractivity contribution in [2.45, 2.75) is 4.90 Å². The maximum absolute atomic E-state index is 12.6. The molecule has 0 aliphatic carbocycles. The molecule has 110 valence electrons. The highest BCUT2D eigenvalue weighted by atomic mass is 79.9. The minimum atomic E-state index is -3.90. The van der Waals surface area contributed by atoms with Crippen molar-refractivity contribution in [2.24, 2.45) is 0 Å². The molecule has 0 spiro atoms. The Morgan fingerprint density at radius 1 is 1.33 bits per heavy atom. The second-order valence-corrected chi connectivity index (χ2v) is 6.93. The van der Waals surface area contributed by atoms with Crippen molar-refractivity contribution in [3.63, 3.8) is 0 Å². The van der Waals surface area contributed by atoms with Crippen LogP contribution in [0.3, 0.4) is 0 Å². The van der Waals surface area contributed by atoms with E-state index in [1.165, 1.54) is 31.6 Å². The molecule has 0 saturated heterocycles. The van der Waals surface area contributed by atoms with Crippen molar-refractivity contribution in [3.05, 3.63) is 52.8 Å². The smallest absolute Gasteiger partial charge is 0.335 e. The predicted octanol–water partition coefficient (Wildman–Crippen LogP) is 2.37. The van der Waals surface area contributed by atoms with Gasteiger partial charge in [-0.2, -0.15) is 0 Å². The average molecular weight is 371 g/mol. The fourth-order valence-corrected chi connectivity index (χ4v) is 3.79. The zero-order valence-electron chi connectivity index (χ0n) is 10.9. The van der Waals surface area contributed by atoms with Crippen LogP contribution in [0.2, 0.25) is 0 Å². The van der Waals surface area contributed by atoms with Crippen LogP contribution in [0.15, 0.2) is 52.1 Å². The van der Waals surface area contributed by atoms with Crippen molar-refractivity contribution >= 4 is 37.6 Å². The molecule has 2 aromatic rings. The van der Waals surface area contributed by atoms with Crippen molar-refractivity contribution in [1.29, 1.82) is 0 Å². The summed E-state index contributed by atoms with van der Waals surface area (Å²) in [6.45, 7) is 0. The normalized spacial score (nSPS) is 11.1. The molecule has 6 nitrogen and oxygen atoms in total. The van der Waals surface area contributed by atoms with E-state index in [0.29, 0.717) is 10.2 Å². The third kappa shape index (κ3) is 3.06. The lowest BCUT2D eigenvalue weighted by molar-refractivity contribution is 0.0696. The second-order valence-electron chi connectivity index (χ2n) is 4.13. The molecule has 0 aliphatic rings. The Kier molecular flexibility index (Phi) is 4.29. The van der Waals surface area contributed by atoms with Gasteiger partial charge in [-0.15, -0.1) is 0 Å². The van der Waals surface area contributed by atoms with Crippen molar-refractivity contribution < 1.29 is 18.3 Å². The number of hydrogen-bond donors (Lipinski definition) is 1. The third-order valence-electron chi connectivity index (χ3n) is 2.83. The van der Waals surface area contributed by atoms with Gasteiger partial charge in [-0.3, -0.25) is 9.29 Å². The molecule has 21 heavy (non-hydrogen) atoms. The van der Waals surface area contributed by atoms with Gasteiger partial charge in [0, 0.05) is 17.7 Å². The third-order valence-corrected chi connectivity index (χ3v) is 5.61. The number of aromatic nitrogens is 1. The SMILES string of the molecule is CN(c1cccnc1)S(=O)(=O)c1cc(C(=O)O)ccc1Br. The Labute approximate surface area is 130 Å². The minimum absolute atomic E-state index is 0.101. The van der Waals surface area contributed by atoms with Gasteiger partial charge in [0.05, 0.1) is 17.4 Å². The molecule has 1 aromatic heterocycles. The summed E-state index contributed by atoms with van der Waals surface area (Å²) in [6, 6.07) is 7.06. The lowest BCUT2D eigenvalue weighted by Crippen LogP contribution is -2.27. The summed E-state index contributed by atoms with van der Waals surface area (Å²) in [5, 5.41) is 8.99. The van der Waals surface area contributed by atoms with Gasteiger partial charge >= 0.3 is 5.97 Å². The van der Waals surface area contributed by atoms with E-state index < -0.39 is 16.0 Å². The number of carbonyl (C=O) groups is 1. The standard InChI is InChI=1S/C13H11BrN2O4S/c1-16(10-3-2-6-15-8-10)21(19,20)12-7-9(13(17)18)4-5-11(12)14/h2-8H,1H3,(H,17,18). The van der Waals surface area contributed by atoms with Crippen LogP contribution in [0.25, 0.3) is 0 Å². The lowest BCUT2D eigenvalue weighted by Gasteiger charge is -2.20. The van der Waals surface area contributed by atoms with Gasteiger partial charge in [0.25, 0.3) is 10.0 Å². The highest BCUT2D eigenvalue weighted by molar-refractivity contribution is 9.10. The second kappa shape index (κ2) is 5.82. The van der Waals surface area contributed by atoms with Gasteiger partial charge in [0.2, 0.25) is 0 Å². The molecule has 0 fully saturated rings. The van der Waals surface area contributed by atoms with Gasteiger partial charge in [-0.1, -0.05) is 0 Å². The maximum atomic E-state index is 12.6. The molecule has 0 radical (unpaired) electrons. The van der Waals surface area contributed by atoms with Crippen molar-refractivity contribution in [2.75, 3.05) is 11.4 Å². The molecule has 0 aliphatic heterocycles. The topological polar surface area (TPSA) is 87.6 Å². The number of aromatic carboxylic acids is 1. The average Bonchev–Trinajstić information content (AvgIpc) is 2.47. The highest BCUT2D eigenvalue weighted by Crippen LogP contribution is 2.28. The van der Waals surface area contributed by atoms with Crippen LogP contribution in [-0.2, 0) is 10.0 Å². The molecule has 0 bridgehead atoms. The number of anilines is 1. The number of pyridine rings is 1. The van der Waals surface area contributed by atoms with Crippen LogP contribution < -0.4 is 4.31 Å². The molecule has 8 heteroatoms. The number of carboxylic acids is 1. The molecule has 0 amide bonds. The van der Waals surface area contributed by atoms with Crippen LogP contribution in [0, 0.1) is 0 Å². The number of benzene rings is 1. The number of hydrogen-bond acceptors (Lipinski definition) is 4. The minimum Gasteiger partial charge on any atom is -0.478 e. The fourth-order valence-electron chi connectivity index (χ4n) is 1.66. The first-order chi connectivity index (χ1) is 9.84. The molecular formula is C13H11BrN2O4S. The summed E-state index contributed by atoms with van der Waals surface area (Å²) in [6.07, 6.45) is 2.94. The summed E-state index contributed by atoms with van der Waals surface area (Å²) >= 11 is 3.14. The Morgan fingerprint density at radius 3 is 2.62 bits per heavy atom. The molecule has 0 atom stereocenters. The first-order valence-corrected chi connectivity index (χ1v) is 7.99. The summed E-state index contributed by atoms with van der Waals surface area (Å²) in [7, 11) is -2.51. The van der Waals surface area contributed by atoms with E-state index in [2.05, 4.69) is 20.9 Å². The molecule has 0 saturated carbocycles. The molecule has 0 unspecified atom stereocenters. The van der Waals surface area contributed by atoms with Gasteiger partial charge in [0.1, 0.15) is 4.90 Å². The fraction of sp³-hybridized carbons (Fsp3) is 0.0769. The maximum Gasteiger partial charge on any atom is 0.335 e. The van der Waals surface area contributed by atoms with E-state index in [-0.39, 0.29) is 10.5 Å². The summed E-state index contributed by atoms with van der Waals surface area (Å²) in [5.74, 6) is -1.19. The van der Waals surface area contributed by atoms with Gasteiger partial charge in [-0.25, -0.2) is 13.2 Å². The number of sulfonamides is 1. The quantitative estimate of drug-likeness (QED) is 0.892. The zero-order valence-corrected chi connectivity index (χ0v) is 13.3. The Balaban J connectivity index is 2.54. The molecule has 1 heterocycles. The lowest BCUT2D eigenvalue weighted by atomic mass is 10.2. The first kappa shape index (κ1) is 15.5. The first-order valence-electron chi connectivity index (χ1n) is 5.76. The monoisotopic (exact) mass is 370 g/mol. The number of nitrogens with zero attached hydrogens (tertiary/aromatic N) is 2. The Morgan fingerprint density at radius 2 is 2.05 bits per heavy atom. The van der Waals surface area contributed by atoms with Crippen LogP contribution in [-0.4, -0.2) is 31.5 Å². The molecule has 1 aromatic carbocycles. The Bertz CT molecular complexity index is 778. The Hall–Kier alpha value is -1.93. The number of carboxylic acid groups (broad SMARTS) is 1. The van der Waals surface area contributed by atoms with E-state index in [1.807, 2.05) is 0 Å². The highest BCUT2D eigenvalue weighted by Gasteiger charge is 2.25. The largest absolute Gasteiger partial charge is 0.478 e. The molecule has 1 N–H and O–H groups in total. The van der Waals surface area contributed by atoms with E-state index >= 15 is 0 Å². The number of halogens is 1. The summed E-state index contributed by atoms with van der Waals surface area (Å²) in [4.78, 5) is 14.7. The van der Waals surface area contributed by atoms with Crippen molar-refractivity contribution in [3.8, 4) is 0 Å². The van der Waals surface area contributed by atoms with Crippen LogP contribution >= 0.6 is 15.9 Å². The summed E-state index contributed by atoms with van der Waals surface area (Å²) < 4.78 is 26.5. The molecular weight excluding hydrogens is 360 g/mol. The van der Waals surface area contributed by atoms with Gasteiger partial charge < -0.3 is 5.11 Å². The predicted molar refractivity (Wildman–Crippen MR) is 80.9 cm³/mol. The molecule has 2 rings (SSSR count). The zero-order chi connectivity index (χ0) is 15.6. The van der Waals surface area contributed by atoms with Crippen LogP contribution in [0.4, 0.5) is 5.69 Å². The van der Waals surface area contributed by atoms with Crippen molar-refractivity contribution in [1.82, 2.24) is 4.98 Å². The van der Waals surface area contributed by atoms with Gasteiger partial charge in [-0.05, 0) is 46.3 Å². The van der Waals surface area contributed by atoms with Crippen LogP contribution in [0.5, 0.6) is 0 Å². The van der Waals surface area contributed by atoms with E-state index in [4.69, 9.17) is 5.11 Å². The summed E-state index contributed by atoms with van der Waals surface area (Å²) in [5.41, 5.74) is 0.279.